The van der Waals surface area contributed by atoms with E-state index in [1.54, 1.807) is 0 Å². The first-order chi connectivity index (χ1) is 10.8. The Bertz CT molecular complexity index is 510. The first-order valence-corrected chi connectivity index (χ1v) is 9.55. The predicted octanol–water partition coefficient (Wildman–Crippen LogP) is 5.98. The van der Waals surface area contributed by atoms with Crippen LogP contribution in [0.4, 0.5) is 0 Å². The van der Waals surface area contributed by atoms with Gasteiger partial charge < -0.3 is 4.57 Å². The zero-order valence-corrected chi connectivity index (χ0v) is 14.8. The molecule has 2 nitrogen and oxygen atoms in total. The molecule has 0 saturated carbocycles. The van der Waals surface area contributed by atoms with Crippen molar-refractivity contribution in [1.82, 2.24) is 9.55 Å². The van der Waals surface area contributed by atoms with Gasteiger partial charge in [-0.05, 0) is 36.3 Å². The number of hydrogen-bond acceptors (Lipinski definition) is 2. The van der Waals surface area contributed by atoms with Crippen molar-refractivity contribution < 1.29 is 0 Å². The number of hydrogen-bond donors (Lipinski definition) is 0. The molecule has 4 heteroatoms. The number of rotatable bonds is 10. The van der Waals surface area contributed by atoms with E-state index in [2.05, 4.69) is 40.4 Å². The monoisotopic (exact) mass is 336 g/mol. The van der Waals surface area contributed by atoms with Crippen molar-refractivity contribution in [3.05, 3.63) is 53.6 Å². The summed E-state index contributed by atoms with van der Waals surface area (Å²) < 4.78 is 2.15. The maximum absolute atomic E-state index is 6.02. The second kappa shape index (κ2) is 9.96. The molecule has 2 rings (SSSR count). The molecule has 1 heterocycles. The van der Waals surface area contributed by atoms with Gasteiger partial charge in [0, 0.05) is 29.2 Å². The highest BCUT2D eigenvalue weighted by Gasteiger charge is 2.12. The Morgan fingerprint density at radius 2 is 2.00 bits per heavy atom. The standard InChI is InChI=1S/C18H25ClN2S/c1-2-3-4-5-14-22-18(10-12-21-13-11-20-15-21)16-6-8-17(19)9-7-16/h6-9,11,13,15,18H,2-5,10,12,14H2,1H3. The molecule has 0 bridgehead atoms. The van der Waals surface area contributed by atoms with Crippen molar-refractivity contribution in [1.29, 1.82) is 0 Å². The second-order valence-corrected chi connectivity index (χ2v) is 7.31. The lowest BCUT2D eigenvalue weighted by molar-refractivity contribution is 0.633. The van der Waals surface area contributed by atoms with Gasteiger partial charge in [-0.3, -0.25) is 0 Å². The fraction of sp³-hybridized carbons (Fsp3) is 0.500. The number of halogens is 1. The number of benzene rings is 1. The summed E-state index contributed by atoms with van der Waals surface area (Å²) in [6.45, 7) is 3.27. The van der Waals surface area contributed by atoms with Gasteiger partial charge in [0.15, 0.2) is 0 Å². The summed E-state index contributed by atoms with van der Waals surface area (Å²) in [5.74, 6) is 1.23. The van der Waals surface area contributed by atoms with E-state index in [0.29, 0.717) is 5.25 Å². The first-order valence-electron chi connectivity index (χ1n) is 8.12. The molecule has 0 aliphatic heterocycles. The van der Waals surface area contributed by atoms with Crippen LogP contribution < -0.4 is 0 Å². The number of imidazole rings is 1. The van der Waals surface area contributed by atoms with Crippen LogP contribution in [0.25, 0.3) is 0 Å². The minimum Gasteiger partial charge on any atom is -0.337 e. The average molecular weight is 337 g/mol. The van der Waals surface area contributed by atoms with Crippen molar-refractivity contribution in [2.45, 2.75) is 50.8 Å². The molecule has 0 aliphatic carbocycles. The maximum atomic E-state index is 6.02. The van der Waals surface area contributed by atoms with E-state index in [4.69, 9.17) is 11.6 Å². The molecule has 1 atom stereocenters. The summed E-state index contributed by atoms with van der Waals surface area (Å²) >= 11 is 8.09. The van der Waals surface area contributed by atoms with Gasteiger partial charge in [-0.1, -0.05) is 49.9 Å². The van der Waals surface area contributed by atoms with E-state index < -0.39 is 0 Å². The molecule has 0 aliphatic rings. The lowest BCUT2D eigenvalue weighted by atomic mass is 10.1. The van der Waals surface area contributed by atoms with Crippen LogP contribution in [0.2, 0.25) is 5.02 Å². The molecule has 1 aromatic heterocycles. The second-order valence-electron chi connectivity index (χ2n) is 5.56. The molecule has 0 N–H and O–H groups in total. The van der Waals surface area contributed by atoms with E-state index in [1.165, 1.54) is 37.0 Å². The van der Waals surface area contributed by atoms with Gasteiger partial charge in [-0.2, -0.15) is 11.8 Å². The van der Waals surface area contributed by atoms with Crippen LogP contribution in [-0.2, 0) is 6.54 Å². The molecule has 2 aromatic rings. The lowest BCUT2D eigenvalue weighted by Crippen LogP contribution is -2.02. The van der Waals surface area contributed by atoms with Gasteiger partial charge in [0.1, 0.15) is 0 Å². The van der Waals surface area contributed by atoms with E-state index >= 15 is 0 Å². The third kappa shape index (κ3) is 6.05. The fourth-order valence-electron chi connectivity index (χ4n) is 2.46. The van der Waals surface area contributed by atoms with Crippen LogP contribution in [0.1, 0.15) is 49.8 Å². The normalized spacial score (nSPS) is 12.5. The quantitative estimate of drug-likeness (QED) is 0.496. The highest BCUT2D eigenvalue weighted by Crippen LogP contribution is 2.34. The summed E-state index contributed by atoms with van der Waals surface area (Å²) in [4.78, 5) is 4.12. The lowest BCUT2D eigenvalue weighted by Gasteiger charge is -2.17. The summed E-state index contributed by atoms with van der Waals surface area (Å²) in [5, 5.41) is 1.34. The molecule has 0 spiro atoms. The Balaban J connectivity index is 1.89. The van der Waals surface area contributed by atoms with Crippen molar-refractivity contribution in [2.75, 3.05) is 5.75 Å². The first kappa shape index (κ1) is 17.4. The maximum Gasteiger partial charge on any atom is 0.0945 e. The number of nitrogens with zero attached hydrogens (tertiary/aromatic N) is 2. The predicted molar refractivity (Wildman–Crippen MR) is 97.6 cm³/mol. The van der Waals surface area contributed by atoms with E-state index in [9.17, 15) is 0 Å². The van der Waals surface area contributed by atoms with Crippen LogP contribution in [0.3, 0.4) is 0 Å². The van der Waals surface area contributed by atoms with E-state index in [-0.39, 0.29) is 0 Å². The molecular formula is C18H25ClN2S. The van der Waals surface area contributed by atoms with Crippen molar-refractivity contribution in [3.63, 3.8) is 0 Å². The highest BCUT2D eigenvalue weighted by atomic mass is 35.5. The molecule has 0 fully saturated rings. The Hall–Kier alpha value is -0.930. The Labute approximate surface area is 143 Å². The molecular weight excluding hydrogens is 312 g/mol. The molecule has 1 unspecified atom stereocenters. The zero-order chi connectivity index (χ0) is 15.6. The van der Waals surface area contributed by atoms with Gasteiger partial charge in [0.2, 0.25) is 0 Å². The van der Waals surface area contributed by atoms with Crippen LogP contribution >= 0.6 is 23.4 Å². The average Bonchev–Trinajstić information content (AvgIpc) is 3.04. The number of aromatic nitrogens is 2. The number of aryl methyl sites for hydroxylation is 1. The van der Waals surface area contributed by atoms with E-state index in [1.807, 2.05) is 30.9 Å². The van der Waals surface area contributed by atoms with Gasteiger partial charge in [0.05, 0.1) is 6.33 Å². The number of thioether (sulfide) groups is 1. The topological polar surface area (TPSA) is 17.8 Å². The SMILES string of the molecule is CCCCCCSC(CCn1ccnc1)c1ccc(Cl)cc1. The summed E-state index contributed by atoms with van der Waals surface area (Å²) in [7, 11) is 0. The summed E-state index contributed by atoms with van der Waals surface area (Å²) in [5.41, 5.74) is 1.38. The van der Waals surface area contributed by atoms with Gasteiger partial charge in [-0.15, -0.1) is 0 Å². The summed E-state index contributed by atoms with van der Waals surface area (Å²) in [6, 6.07) is 8.33. The highest BCUT2D eigenvalue weighted by molar-refractivity contribution is 7.99. The largest absolute Gasteiger partial charge is 0.337 e. The van der Waals surface area contributed by atoms with Crippen molar-refractivity contribution >= 4 is 23.4 Å². The van der Waals surface area contributed by atoms with Crippen molar-refractivity contribution in [2.24, 2.45) is 0 Å². The fourth-order valence-corrected chi connectivity index (χ4v) is 3.87. The van der Waals surface area contributed by atoms with Crippen LogP contribution in [0.15, 0.2) is 43.0 Å². The van der Waals surface area contributed by atoms with Crippen molar-refractivity contribution in [3.8, 4) is 0 Å². The Kier molecular flexibility index (Phi) is 7.89. The van der Waals surface area contributed by atoms with Crippen LogP contribution in [0, 0.1) is 0 Å². The van der Waals surface area contributed by atoms with Gasteiger partial charge >= 0.3 is 0 Å². The Morgan fingerprint density at radius 1 is 1.18 bits per heavy atom. The van der Waals surface area contributed by atoms with Crippen LogP contribution in [-0.4, -0.2) is 15.3 Å². The Morgan fingerprint density at radius 3 is 2.68 bits per heavy atom. The smallest absolute Gasteiger partial charge is 0.0945 e. The number of unbranched alkanes of at least 4 members (excludes halogenated alkanes) is 3. The molecule has 0 saturated heterocycles. The molecule has 120 valence electrons. The molecule has 0 radical (unpaired) electrons. The third-order valence-corrected chi connectivity index (χ3v) is 5.45. The molecule has 22 heavy (non-hydrogen) atoms. The minimum absolute atomic E-state index is 0.529. The minimum atomic E-state index is 0.529. The molecule has 0 amide bonds. The van der Waals surface area contributed by atoms with Gasteiger partial charge in [0.25, 0.3) is 0 Å². The van der Waals surface area contributed by atoms with E-state index in [0.717, 1.165) is 18.0 Å². The van der Waals surface area contributed by atoms with Gasteiger partial charge in [-0.25, -0.2) is 4.98 Å². The zero-order valence-electron chi connectivity index (χ0n) is 13.2. The third-order valence-electron chi connectivity index (χ3n) is 3.77. The molecule has 1 aromatic carbocycles. The summed E-state index contributed by atoms with van der Waals surface area (Å²) in [6.07, 6.45) is 12.2. The van der Waals surface area contributed by atoms with Crippen LogP contribution in [0.5, 0.6) is 0 Å².